The first-order valence-electron chi connectivity index (χ1n) is 10.1. The van der Waals surface area contributed by atoms with Crippen LogP contribution in [-0.4, -0.2) is 12.7 Å². The van der Waals surface area contributed by atoms with Crippen molar-refractivity contribution in [3.8, 4) is 6.07 Å². The maximum absolute atomic E-state index is 13.0. The molecule has 3 heteroatoms. The maximum atomic E-state index is 13.0. The van der Waals surface area contributed by atoms with E-state index in [9.17, 15) is 4.39 Å². The summed E-state index contributed by atoms with van der Waals surface area (Å²) in [5.41, 5.74) is 0. The molecule has 0 saturated heterocycles. The van der Waals surface area contributed by atoms with Gasteiger partial charge in [-0.1, -0.05) is 45.4 Å². The molecule has 2 fully saturated rings. The molecule has 0 N–H and O–H groups in total. The minimum absolute atomic E-state index is 0.225. The van der Waals surface area contributed by atoms with Crippen LogP contribution in [0.4, 0.5) is 4.39 Å². The van der Waals surface area contributed by atoms with Crippen molar-refractivity contribution in [3.63, 3.8) is 0 Å². The van der Waals surface area contributed by atoms with E-state index < -0.39 is 5.83 Å². The molecule has 2 aliphatic carbocycles. The predicted octanol–water partition coefficient (Wildman–Crippen LogP) is 6.33. The number of nitrogens with zero attached hydrogens (tertiary/aromatic N) is 1. The van der Waals surface area contributed by atoms with Crippen LogP contribution in [0, 0.1) is 29.1 Å². The molecule has 0 aliphatic heterocycles. The van der Waals surface area contributed by atoms with Gasteiger partial charge in [-0.25, -0.2) is 0 Å². The van der Waals surface area contributed by atoms with Gasteiger partial charge in [0.15, 0.2) is 5.83 Å². The number of halogens is 1. The second-order valence-corrected chi connectivity index (χ2v) is 7.88. The second kappa shape index (κ2) is 10.9. The van der Waals surface area contributed by atoms with Crippen molar-refractivity contribution in [2.45, 2.75) is 90.1 Å². The van der Waals surface area contributed by atoms with Crippen molar-refractivity contribution in [2.75, 3.05) is 6.61 Å². The smallest absolute Gasteiger partial charge is 0.196 e. The fourth-order valence-electron chi connectivity index (χ4n) is 4.31. The van der Waals surface area contributed by atoms with E-state index in [0.29, 0.717) is 6.10 Å². The summed E-state index contributed by atoms with van der Waals surface area (Å²) >= 11 is 0. The lowest BCUT2D eigenvalue weighted by Crippen LogP contribution is -2.25. The molecule has 0 amide bonds. The third-order valence-corrected chi connectivity index (χ3v) is 5.96. The molecule has 136 valence electrons. The van der Waals surface area contributed by atoms with E-state index in [1.807, 2.05) is 0 Å². The van der Waals surface area contributed by atoms with Crippen molar-refractivity contribution in [1.82, 2.24) is 0 Å². The third-order valence-electron chi connectivity index (χ3n) is 5.96. The second-order valence-electron chi connectivity index (χ2n) is 7.88. The lowest BCUT2D eigenvalue weighted by atomic mass is 9.80. The Morgan fingerprint density at radius 3 is 2.33 bits per heavy atom. The summed E-state index contributed by atoms with van der Waals surface area (Å²) in [6.07, 6.45) is 16.8. The molecule has 0 atom stereocenters. The first-order valence-corrected chi connectivity index (χ1v) is 10.1. The fourth-order valence-corrected chi connectivity index (χ4v) is 4.31. The van der Waals surface area contributed by atoms with E-state index >= 15 is 0 Å². The third kappa shape index (κ3) is 6.93. The Kier molecular flexibility index (Phi) is 8.81. The monoisotopic (exact) mass is 335 g/mol. The van der Waals surface area contributed by atoms with Crippen LogP contribution in [0.1, 0.15) is 84.0 Å². The normalized spacial score (nSPS) is 31.6. The number of allylic oxidation sites excluding steroid dienone is 2. The van der Waals surface area contributed by atoms with E-state index in [0.717, 1.165) is 44.1 Å². The number of hydrogen-bond donors (Lipinski definition) is 0. The van der Waals surface area contributed by atoms with Crippen LogP contribution in [0.5, 0.6) is 0 Å². The number of unbranched alkanes of at least 4 members (excludes halogenated alkanes) is 2. The van der Waals surface area contributed by atoms with Crippen molar-refractivity contribution in [3.05, 3.63) is 11.9 Å². The number of rotatable bonds is 8. The van der Waals surface area contributed by atoms with E-state index in [4.69, 9.17) is 10.00 Å². The first-order chi connectivity index (χ1) is 11.7. The molecule has 2 saturated carbocycles. The van der Waals surface area contributed by atoms with Gasteiger partial charge in [0.25, 0.3) is 0 Å². The number of nitriles is 1. The molecule has 0 bridgehead atoms. The summed E-state index contributed by atoms with van der Waals surface area (Å²) in [7, 11) is 0. The molecule has 0 aromatic rings. The molecule has 0 radical (unpaired) electrons. The maximum Gasteiger partial charge on any atom is 0.196 e. The van der Waals surface area contributed by atoms with E-state index in [1.165, 1.54) is 57.4 Å². The van der Waals surface area contributed by atoms with Gasteiger partial charge >= 0.3 is 0 Å². The SMILES string of the molecule is CCCCC[C@H]1CC[C@H](CO[C@H]2CC[C@H](C=C(F)C#N)CC2)CC1. The van der Waals surface area contributed by atoms with Gasteiger partial charge < -0.3 is 4.74 Å². The van der Waals surface area contributed by atoms with E-state index in [2.05, 4.69) is 6.92 Å². The molecular formula is C21H34FNO. The van der Waals surface area contributed by atoms with E-state index in [1.54, 1.807) is 6.07 Å². The molecule has 0 aromatic carbocycles. The van der Waals surface area contributed by atoms with Gasteiger partial charge in [-0.2, -0.15) is 9.65 Å². The Hall–Kier alpha value is -0.880. The molecule has 0 heterocycles. The topological polar surface area (TPSA) is 33.0 Å². The van der Waals surface area contributed by atoms with Crippen LogP contribution < -0.4 is 0 Å². The van der Waals surface area contributed by atoms with Crippen LogP contribution >= 0.6 is 0 Å². The lowest BCUT2D eigenvalue weighted by Gasteiger charge is -2.31. The summed E-state index contributed by atoms with van der Waals surface area (Å²) in [5, 5.41) is 8.51. The zero-order chi connectivity index (χ0) is 17.2. The molecule has 0 unspecified atom stereocenters. The summed E-state index contributed by atoms with van der Waals surface area (Å²) in [5.74, 6) is 1.31. The van der Waals surface area contributed by atoms with Gasteiger partial charge in [0.2, 0.25) is 0 Å². The van der Waals surface area contributed by atoms with Crippen LogP contribution in [-0.2, 0) is 4.74 Å². The zero-order valence-corrected chi connectivity index (χ0v) is 15.3. The molecule has 24 heavy (non-hydrogen) atoms. The standard InChI is InChI=1S/C21H34FNO/c1-2-3-4-5-17-6-8-19(9-7-17)16-24-21-12-10-18(11-13-21)14-20(22)15-23/h14,17-19,21H,2-13,16H2,1H3/t17-,18-,19-,21-. The molecule has 2 rings (SSSR count). The summed E-state index contributed by atoms with van der Waals surface area (Å²) < 4.78 is 19.2. The van der Waals surface area contributed by atoms with Gasteiger partial charge in [0.1, 0.15) is 6.07 Å². The Bertz CT molecular complexity index is 412. The summed E-state index contributed by atoms with van der Waals surface area (Å²) in [4.78, 5) is 0. The number of hydrogen-bond acceptors (Lipinski definition) is 2. The van der Waals surface area contributed by atoms with Crippen LogP contribution in [0.2, 0.25) is 0 Å². The van der Waals surface area contributed by atoms with Gasteiger partial charge in [0.05, 0.1) is 6.10 Å². The van der Waals surface area contributed by atoms with Gasteiger partial charge in [0, 0.05) is 6.61 Å². The quantitative estimate of drug-likeness (QED) is 0.384. The van der Waals surface area contributed by atoms with Gasteiger partial charge in [-0.15, -0.1) is 0 Å². The Labute approximate surface area is 147 Å². The van der Waals surface area contributed by atoms with Crippen LogP contribution in [0.3, 0.4) is 0 Å². The molecule has 0 spiro atoms. The highest BCUT2D eigenvalue weighted by atomic mass is 19.1. The van der Waals surface area contributed by atoms with Crippen molar-refractivity contribution in [1.29, 1.82) is 5.26 Å². The van der Waals surface area contributed by atoms with Crippen LogP contribution in [0.15, 0.2) is 11.9 Å². The Balaban J connectivity index is 1.56. The predicted molar refractivity (Wildman–Crippen MR) is 96.1 cm³/mol. The molecule has 2 nitrogen and oxygen atoms in total. The van der Waals surface area contributed by atoms with Gasteiger partial charge in [-0.3, -0.25) is 0 Å². The van der Waals surface area contributed by atoms with Crippen molar-refractivity contribution in [2.24, 2.45) is 17.8 Å². The highest BCUT2D eigenvalue weighted by Crippen LogP contribution is 2.33. The summed E-state index contributed by atoms with van der Waals surface area (Å²) in [6, 6.07) is 1.57. The van der Waals surface area contributed by atoms with E-state index in [-0.39, 0.29) is 5.92 Å². The average molecular weight is 336 g/mol. The molecule has 0 aromatic heterocycles. The minimum Gasteiger partial charge on any atom is -0.378 e. The highest BCUT2D eigenvalue weighted by molar-refractivity contribution is 5.13. The fraction of sp³-hybridized carbons (Fsp3) is 0.857. The summed E-state index contributed by atoms with van der Waals surface area (Å²) in [6.45, 7) is 3.19. The van der Waals surface area contributed by atoms with Gasteiger partial charge in [-0.05, 0) is 62.4 Å². The zero-order valence-electron chi connectivity index (χ0n) is 15.3. The highest BCUT2D eigenvalue weighted by Gasteiger charge is 2.24. The molecule has 2 aliphatic rings. The Morgan fingerprint density at radius 1 is 1.04 bits per heavy atom. The number of ether oxygens (including phenoxy) is 1. The first kappa shape index (κ1) is 19.4. The average Bonchev–Trinajstić information content (AvgIpc) is 2.62. The largest absolute Gasteiger partial charge is 0.378 e. The molecular weight excluding hydrogens is 301 g/mol. The van der Waals surface area contributed by atoms with Crippen molar-refractivity contribution < 1.29 is 9.13 Å². The lowest BCUT2D eigenvalue weighted by molar-refractivity contribution is -0.00672. The minimum atomic E-state index is -0.630. The Morgan fingerprint density at radius 2 is 1.71 bits per heavy atom. The van der Waals surface area contributed by atoms with Crippen LogP contribution in [0.25, 0.3) is 0 Å². The van der Waals surface area contributed by atoms with Crippen molar-refractivity contribution >= 4 is 0 Å².